The van der Waals surface area contributed by atoms with Crippen molar-refractivity contribution in [3.05, 3.63) is 65.3 Å². The fraction of sp³-hybridized carbons (Fsp3) is 0.333. The van der Waals surface area contributed by atoms with Gasteiger partial charge >= 0.3 is 5.97 Å². The molecular formula is C24H27ClN4O3. The van der Waals surface area contributed by atoms with Gasteiger partial charge in [-0.2, -0.15) is 0 Å². The van der Waals surface area contributed by atoms with Crippen molar-refractivity contribution in [3.8, 4) is 0 Å². The Kier molecular flexibility index (Phi) is 6.97. The Bertz CT molecular complexity index is 1090. The van der Waals surface area contributed by atoms with Gasteiger partial charge < -0.3 is 19.9 Å². The number of esters is 1. The number of aromatic nitrogens is 1. The Morgan fingerprint density at radius 2 is 1.81 bits per heavy atom. The van der Waals surface area contributed by atoms with Crippen molar-refractivity contribution in [2.75, 3.05) is 44.7 Å². The molecule has 168 valence electrons. The lowest BCUT2D eigenvalue weighted by molar-refractivity contribution is -0.145. The summed E-state index contributed by atoms with van der Waals surface area (Å²) in [4.78, 5) is 32.6. The van der Waals surface area contributed by atoms with E-state index in [0.717, 1.165) is 53.4 Å². The number of carbonyl (C=O) groups excluding carboxylic acids is 2. The number of piperazine rings is 1. The van der Waals surface area contributed by atoms with Gasteiger partial charge in [0.2, 0.25) is 5.91 Å². The maximum atomic E-state index is 12.7. The Labute approximate surface area is 192 Å². The molecule has 2 N–H and O–H groups in total. The number of nitrogens with one attached hydrogen (secondary N) is 2. The number of benzene rings is 2. The molecule has 1 fully saturated rings. The zero-order chi connectivity index (χ0) is 22.5. The molecule has 3 aromatic rings. The number of H-pyrrole nitrogens is 1. The number of hydrogen-bond acceptors (Lipinski definition) is 5. The minimum Gasteiger partial charge on any atom is -0.467 e. The van der Waals surface area contributed by atoms with Gasteiger partial charge in [0.15, 0.2) is 0 Å². The Balaban J connectivity index is 1.34. The predicted molar refractivity (Wildman–Crippen MR) is 126 cm³/mol. The molecule has 1 atom stereocenters. The number of anilines is 1. The van der Waals surface area contributed by atoms with Crippen molar-refractivity contribution in [1.29, 1.82) is 0 Å². The van der Waals surface area contributed by atoms with Crippen LogP contribution in [-0.4, -0.2) is 67.6 Å². The molecule has 0 spiro atoms. The Morgan fingerprint density at radius 3 is 2.56 bits per heavy atom. The van der Waals surface area contributed by atoms with E-state index in [1.165, 1.54) is 7.11 Å². The lowest BCUT2D eigenvalue weighted by atomic mass is 10.0. The molecular weight excluding hydrogens is 428 g/mol. The van der Waals surface area contributed by atoms with Crippen molar-refractivity contribution in [1.82, 2.24) is 15.2 Å². The van der Waals surface area contributed by atoms with Crippen molar-refractivity contribution in [2.24, 2.45) is 0 Å². The predicted octanol–water partition coefficient (Wildman–Crippen LogP) is 2.84. The van der Waals surface area contributed by atoms with Crippen LogP contribution in [0.4, 0.5) is 5.69 Å². The molecule has 1 aromatic heterocycles. The zero-order valence-electron chi connectivity index (χ0n) is 18.0. The lowest BCUT2D eigenvalue weighted by Crippen LogP contribution is -2.52. The maximum absolute atomic E-state index is 12.7. The second-order valence-corrected chi connectivity index (χ2v) is 8.33. The van der Waals surface area contributed by atoms with Gasteiger partial charge in [-0.3, -0.25) is 9.69 Å². The number of halogens is 1. The molecule has 0 saturated carbocycles. The Morgan fingerprint density at radius 1 is 1.09 bits per heavy atom. The molecule has 0 aliphatic carbocycles. The fourth-order valence-electron chi connectivity index (χ4n) is 4.15. The van der Waals surface area contributed by atoms with Gasteiger partial charge in [0.05, 0.1) is 24.4 Å². The number of nitrogens with zero attached hydrogens (tertiary/aromatic N) is 2. The van der Waals surface area contributed by atoms with Gasteiger partial charge in [-0.05, 0) is 23.8 Å². The van der Waals surface area contributed by atoms with Crippen LogP contribution in [-0.2, 0) is 20.7 Å². The number of rotatable bonds is 7. The van der Waals surface area contributed by atoms with Crippen molar-refractivity contribution in [3.63, 3.8) is 0 Å². The highest BCUT2D eigenvalue weighted by atomic mass is 35.5. The van der Waals surface area contributed by atoms with E-state index in [1.807, 2.05) is 54.7 Å². The number of aromatic amines is 1. The monoisotopic (exact) mass is 454 g/mol. The first kappa shape index (κ1) is 22.2. The molecule has 32 heavy (non-hydrogen) atoms. The second kappa shape index (κ2) is 10.1. The number of para-hydroxylation sites is 2. The third kappa shape index (κ3) is 5.06. The summed E-state index contributed by atoms with van der Waals surface area (Å²) in [5.41, 5.74) is 2.97. The highest BCUT2D eigenvalue weighted by Gasteiger charge is 2.25. The number of fused-ring (bicyclic) bond motifs is 1. The standard InChI is InChI=1S/C24H27ClN4O3/c1-32-24(31)21(14-17-15-26-20-8-4-2-6-18(17)20)27-23(30)16-28-10-12-29(13-11-28)22-9-5-3-7-19(22)25/h2-9,15,21,26H,10-14,16H2,1H3,(H,27,30)/t21-/m1/s1. The molecule has 1 aliphatic rings. The van der Waals surface area contributed by atoms with E-state index in [-0.39, 0.29) is 12.5 Å². The van der Waals surface area contributed by atoms with Crippen LogP contribution in [0.2, 0.25) is 5.02 Å². The molecule has 0 radical (unpaired) electrons. The van der Waals surface area contributed by atoms with Crippen LogP contribution in [0.1, 0.15) is 5.56 Å². The molecule has 0 bridgehead atoms. The fourth-order valence-corrected chi connectivity index (χ4v) is 4.41. The van der Waals surface area contributed by atoms with Crippen LogP contribution in [0.15, 0.2) is 54.7 Å². The van der Waals surface area contributed by atoms with E-state index >= 15 is 0 Å². The molecule has 1 aliphatic heterocycles. The average molecular weight is 455 g/mol. The minimum absolute atomic E-state index is 0.188. The van der Waals surface area contributed by atoms with Gasteiger partial charge in [-0.15, -0.1) is 0 Å². The third-order valence-corrected chi connectivity index (χ3v) is 6.17. The summed E-state index contributed by atoms with van der Waals surface area (Å²) in [7, 11) is 1.34. The van der Waals surface area contributed by atoms with Crippen LogP contribution in [0.3, 0.4) is 0 Å². The summed E-state index contributed by atoms with van der Waals surface area (Å²) in [5, 5.41) is 4.63. The number of amides is 1. The molecule has 8 heteroatoms. The SMILES string of the molecule is COC(=O)[C@@H](Cc1c[nH]c2ccccc12)NC(=O)CN1CCN(c2ccccc2Cl)CC1. The first-order valence-corrected chi connectivity index (χ1v) is 11.1. The van der Waals surface area contributed by atoms with Gasteiger partial charge in [-0.25, -0.2) is 4.79 Å². The van der Waals surface area contributed by atoms with Crippen molar-refractivity contribution in [2.45, 2.75) is 12.5 Å². The summed E-state index contributed by atoms with van der Waals surface area (Å²) in [6.07, 6.45) is 2.24. The largest absolute Gasteiger partial charge is 0.467 e. The van der Waals surface area contributed by atoms with E-state index in [2.05, 4.69) is 20.1 Å². The third-order valence-electron chi connectivity index (χ3n) is 5.85. The van der Waals surface area contributed by atoms with Crippen LogP contribution < -0.4 is 10.2 Å². The topological polar surface area (TPSA) is 77.7 Å². The molecule has 4 rings (SSSR count). The second-order valence-electron chi connectivity index (χ2n) is 7.92. The lowest BCUT2D eigenvalue weighted by Gasteiger charge is -2.36. The van der Waals surface area contributed by atoms with E-state index < -0.39 is 12.0 Å². The van der Waals surface area contributed by atoms with E-state index in [9.17, 15) is 9.59 Å². The van der Waals surface area contributed by atoms with Crippen LogP contribution in [0, 0.1) is 0 Å². The number of methoxy groups -OCH3 is 1. The van der Waals surface area contributed by atoms with E-state index in [4.69, 9.17) is 16.3 Å². The van der Waals surface area contributed by atoms with Crippen LogP contribution in [0.25, 0.3) is 10.9 Å². The average Bonchev–Trinajstić information content (AvgIpc) is 3.22. The van der Waals surface area contributed by atoms with Crippen LogP contribution in [0.5, 0.6) is 0 Å². The van der Waals surface area contributed by atoms with Gasteiger partial charge in [0.1, 0.15) is 6.04 Å². The summed E-state index contributed by atoms with van der Waals surface area (Å²) in [6, 6.07) is 14.9. The first-order chi connectivity index (χ1) is 15.5. The highest BCUT2D eigenvalue weighted by Crippen LogP contribution is 2.26. The maximum Gasteiger partial charge on any atom is 0.328 e. The highest BCUT2D eigenvalue weighted by molar-refractivity contribution is 6.33. The molecule has 7 nitrogen and oxygen atoms in total. The van der Waals surface area contributed by atoms with Gasteiger partial charge in [0, 0.05) is 49.7 Å². The number of ether oxygens (including phenoxy) is 1. The van der Waals surface area contributed by atoms with Gasteiger partial charge in [0.25, 0.3) is 0 Å². The normalized spacial score (nSPS) is 15.5. The number of hydrogen-bond donors (Lipinski definition) is 2. The summed E-state index contributed by atoms with van der Waals surface area (Å²) in [6.45, 7) is 3.28. The summed E-state index contributed by atoms with van der Waals surface area (Å²) >= 11 is 6.31. The Hall–Kier alpha value is -3.03. The smallest absolute Gasteiger partial charge is 0.328 e. The molecule has 2 heterocycles. The molecule has 0 unspecified atom stereocenters. The van der Waals surface area contributed by atoms with E-state index in [1.54, 1.807) is 0 Å². The zero-order valence-corrected chi connectivity index (χ0v) is 18.8. The quantitative estimate of drug-likeness (QED) is 0.537. The summed E-state index contributed by atoms with van der Waals surface area (Å²) < 4.78 is 4.94. The van der Waals surface area contributed by atoms with Crippen molar-refractivity contribution < 1.29 is 14.3 Å². The van der Waals surface area contributed by atoms with Gasteiger partial charge in [-0.1, -0.05) is 41.9 Å². The van der Waals surface area contributed by atoms with Crippen LogP contribution >= 0.6 is 11.6 Å². The van der Waals surface area contributed by atoms with E-state index in [0.29, 0.717) is 6.42 Å². The van der Waals surface area contributed by atoms with Crippen molar-refractivity contribution >= 4 is 40.1 Å². The molecule has 1 saturated heterocycles. The molecule has 1 amide bonds. The first-order valence-electron chi connectivity index (χ1n) is 10.7. The molecule has 2 aromatic carbocycles. The summed E-state index contributed by atoms with van der Waals surface area (Å²) in [5.74, 6) is -0.640. The number of carbonyl (C=O) groups is 2. The minimum atomic E-state index is -0.740.